The van der Waals surface area contributed by atoms with E-state index >= 15 is 0 Å². The van der Waals surface area contributed by atoms with Crippen LogP contribution in [0.3, 0.4) is 0 Å². The molecule has 0 amide bonds. The Balaban J connectivity index is 2.93. The van der Waals surface area contributed by atoms with E-state index in [0.717, 1.165) is 0 Å². The highest BCUT2D eigenvalue weighted by molar-refractivity contribution is 9.10. The van der Waals surface area contributed by atoms with Crippen LogP contribution >= 0.6 is 15.9 Å². The van der Waals surface area contributed by atoms with Crippen LogP contribution in [0.2, 0.25) is 0 Å². The van der Waals surface area contributed by atoms with Crippen molar-refractivity contribution >= 4 is 21.9 Å². The first-order valence-corrected chi connectivity index (χ1v) is 4.72. The SMILES string of the molecule is N[C@H](CC(=O)O)c1cc(F)ccc1Br. The molecule has 0 heterocycles. The summed E-state index contributed by atoms with van der Waals surface area (Å²) in [6.07, 6.45) is -0.220. The maximum absolute atomic E-state index is 12.8. The Morgan fingerprint density at radius 2 is 2.29 bits per heavy atom. The van der Waals surface area contributed by atoms with Crippen LogP contribution in [0.5, 0.6) is 0 Å². The highest BCUT2D eigenvalue weighted by Crippen LogP contribution is 2.24. The maximum Gasteiger partial charge on any atom is 0.305 e. The lowest BCUT2D eigenvalue weighted by atomic mass is 10.1. The molecule has 1 rings (SSSR count). The monoisotopic (exact) mass is 261 g/mol. The Hall–Kier alpha value is -0.940. The Bertz CT molecular complexity index is 357. The molecule has 3 nitrogen and oxygen atoms in total. The predicted octanol–water partition coefficient (Wildman–Crippen LogP) is 2.06. The van der Waals surface area contributed by atoms with E-state index in [-0.39, 0.29) is 6.42 Å². The van der Waals surface area contributed by atoms with E-state index in [4.69, 9.17) is 10.8 Å². The molecule has 0 bridgehead atoms. The van der Waals surface area contributed by atoms with E-state index in [2.05, 4.69) is 15.9 Å². The van der Waals surface area contributed by atoms with Crippen molar-refractivity contribution in [2.24, 2.45) is 5.73 Å². The molecule has 0 aromatic heterocycles. The molecule has 0 aliphatic heterocycles. The van der Waals surface area contributed by atoms with Gasteiger partial charge < -0.3 is 10.8 Å². The molecule has 1 atom stereocenters. The molecule has 0 aliphatic rings. The lowest BCUT2D eigenvalue weighted by Crippen LogP contribution is -2.15. The van der Waals surface area contributed by atoms with E-state index in [1.165, 1.54) is 18.2 Å². The van der Waals surface area contributed by atoms with Gasteiger partial charge in [0, 0.05) is 10.5 Å². The van der Waals surface area contributed by atoms with Crippen LogP contribution in [0.1, 0.15) is 18.0 Å². The van der Waals surface area contributed by atoms with Gasteiger partial charge in [-0.05, 0) is 23.8 Å². The van der Waals surface area contributed by atoms with Gasteiger partial charge in [-0.25, -0.2) is 4.39 Å². The Morgan fingerprint density at radius 3 is 2.86 bits per heavy atom. The average molecular weight is 262 g/mol. The third-order valence-corrected chi connectivity index (χ3v) is 2.47. The van der Waals surface area contributed by atoms with Gasteiger partial charge in [-0.2, -0.15) is 0 Å². The summed E-state index contributed by atoms with van der Waals surface area (Å²) < 4.78 is 13.4. The number of aliphatic carboxylic acids is 1. The number of rotatable bonds is 3. The molecule has 76 valence electrons. The zero-order chi connectivity index (χ0) is 10.7. The first-order valence-electron chi connectivity index (χ1n) is 3.93. The second-order valence-corrected chi connectivity index (χ2v) is 3.72. The van der Waals surface area contributed by atoms with Gasteiger partial charge in [0.2, 0.25) is 0 Å². The minimum Gasteiger partial charge on any atom is -0.481 e. The molecule has 0 saturated carbocycles. The van der Waals surface area contributed by atoms with E-state index in [1.807, 2.05) is 0 Å². The molecule has 5 heteroatoms. The third-order valence-electron chi connectivity index (χ3n) is 1.75. The average Bonchev–Trinajstić information content (AvgIpc) is 2.08. The Morgan fingerprint density at radius 1 is 1.64 bits per heavy atom. The van der Waals surface area contributed by atoms with Crippen LogP contribution < -0.4 is 5.73 Å². The molecular weight excluding hydrogens is 253 g/mol. The molecule has 1 aromatic carbocycles. The molecule has 3 N–H and O–H groups in total. The maximum atomic E-state index is 12.8. The number of halogens is 2. The Kier molecular flexibility index (Phi) is 3.60. The van der Waals surface area contributed by atoms with Gasteiger partial charge in [-0.1, -0.05) is 15.9 Å². The number of hydrogen-bond donors (Lipinski definition) is 2. The van der Waals surface area contributed by atoms with Crippen LogP contribution in [0.4, 0.5) is 4.39 Å². The number of nitrogens with two attached hydrogens (primary N) is 1. The quantitative estimate of drug-likeness (QED) is 0.876. The van der Waals surface area contributed by atoms with Gasteiger partial charge in [0.05, 0.1) is 6.42 Å². The Labute approximate surface area is 88.9 Å². The van der Waals surface area contributed by atoms with Gasteiger partial charge in [0.25, 0.3) is 0 Å². The lowest BCUT2D eigenvalue weighted by molar-refractivity contribution is -0.137. The molecule has 0 unspecified atom stereocenters. The highest BCUT2D eigenvalue weighted by Gasteiger charge is 2.14. The van der Waals surface area contributed by atoms with Gasteiger partial charge in [0.1, 0.15) is 5.82 Å². The molecular formula is C9H9BrFNO2. The summed E-state index contributed by atoms with van der Waals surface area (Å²) in [5.41, 5.74) is 6.05. The van der Waals surface area contributed by atoms with E-state index in [1.54, 1.807) is 0 Å². The standard InChI is InChI=1S/C9H9BrFNO2/c10-7-2-1-5(11)3-6(7)8(12)4-9(13)14/h1-3,8H,4,12H2,(H,13,14)/t8-/m1/s1. The fourth-order valence-corrected chi connectivity index (χ4v) is 1.64. The zero-order valence-corrected chi connectivity index (χ0v) is 8.79. The number of benzene rings is 1. The topological polar surface area (TPSA) is 63.3 Å². The lowest BCUT2D eigenvalue weighted by Gasteiger charge is -2.11. The highest BCUT2D eigenvalue weighted by atomic mass is 79.9. The molecule has 0 saturated heterocycles. The van der Waals surface area contributed by atoms with Crippen molar-refractivity contribution in [1.82, 2.24) is 0 Å². The van der Waals surface area contributed by atoms with Crippen LogP contribution in [0.15, 0.2) is 22.7 Å². The summed E-state index contributed by atoms with van der Waals surface area (Å²) in [5, 5.41) is 8.52. The van der Waals surface area contributed by atoms with Crippen molar-refractivity contribution < 1.29 is 14.3 Å². The summed E-state index contributed by atoms with van der Waals surface area (Å²) >= 11 is 3.18. The van der Waals surface area contributed by atoms with Gasteiger partial charge in [0.15, 0.2) is 0 Å². The van der Waals surface area contributed by atoms with Crippen LogP contribution in [-0.2, 0) is 4.79 Å². The normalized spacial score (nSPS) is 12.5. The van der Waals surface area contributed by atoms with Crippen molar-refractivity contribution in [3.8, 4) is 0 Å². The zero-order valence-electron chi connectivity index (χ0n) is 7.21. The molecule has 0 radical (unpaired) electrons. The minimum atomic E-state index is -1.01. The van der Waals surface area contributed by atoms with Crippen LogP contribution in [0.25, 0.3) is 0 Å². The first-order chi connectivity index (χ1) is 6.50. The fourth-order valence-electron chi connectivity index (χ4n) is 1.10. The number of hydrogen-bond acceptors (Lipinski definition) is 2. The second-order valence-electron chi connectivity index (χ2n) is 2.87. The van der Waals surface area contributed by atoms with Crippen LogP contribution in [-0.4, -0.2) is 11.1 Å². The summed E-state index contributed by atoms with van der Waals surface area (Å²) in [5.74, 6) is -1.43. The number of carboxylic acid groups (broad SMARTS) is 1. The molecule has 1 aromatic rings. The minimum absolute atomic E-state index is 0.220. The first kappa shape index (κ1) is 11.1. The number of carbonyl (C=O) groups is 1. The largest absolute Gasteiger partial charge is 0.481 e. The molecule has 0 aliphatic carbocycles. The van der Waals surface area contributed by atoms with E-state index in [9.17, 15) is 9.18 Å². The molecule has 0 fully saturated rings. The van der Waals surface area contributed by atoms with Gasteiger partial charge in [-0.15, -0.1) is 0 Å². The summed E-state index contributed by atoms with van der Waals surface area (Å²) in [6, 6.07) is 3.32. The second kappa shape index (κ2) is 4.52. The third kappa shape index (κ3) is 2.78. The van der Waals surface area contributed by atoms with E-state index in [0.29, 0.717) is 10.0 Å². The molecule has 14 heavy (non-hydrogen) atoms. The van der Waals surface area contributed by atoms with Crippen molar-refractivity contribution in [3.05, 3.63) is 34.1 Å². The predicted molar refractivity (Wildman–Crippen MR) is 53.3 cm³/mol. The van der Waals surface area contributed by atoms with Gasteiger partial charge >= 0.3 is 5.97 Å². The summed E-state index contributed by atoms with van der Waals surface area (Å²) in [4.78, 5) is 10.4. The van der Waals surface area contributed by atoms with Crippen molar-refractivity contribution in [2.75, 3.05) is 0 Å². The molecule has 0 spiro atoms. The van der Waals surface area contributed by atoms with Gasteiger partial charge in [-0.3, -0.25) is 4.79 Å². The van der Waals surface area contributed by atoms with Crippen LogP contribution in [0, 0.1) is 5.82 Å². The fraction of sp³-hybridized carbons (Fsp3) is 0.222. The van der Waals surface area contributed by atoms with E-state index < -0.39 is 17.8 Å². The van der Waals surface area contributed by atoms with Crippen molar-refractivity contribution in [2.45, 2.75) is 12.5 Å². The summed E-state index contributed by atoms with van der Waals surface area (Å²) in [6.45, 7) is 0. The summed E-state index contributed by atoms with van der Waals surface area (Å²) in [7, 11) is 0. The van der Waals surface area contributed by atoms with Crippen molar-refractivity contribution in [1.29, 1.82) is 0 Å². The van der Waals surface area contributed by atoms with Crippen molar-refractivity contribution in [3.63, 3.8) is 0 Å². The smallest absolute Gasteiger partial charge is 0.305 e. The number of carboxylic acids is 1.